The number of carboxylic acid groups (broad SMARTS) is 1. The number of carbonyl (C=O) groups excluding carboxylic acids is 2. The minimum Gasteiger partial charge on any atom is -0.496 e. The minimum absolute atomic E-state index is 0.0328. The van der Waals surface area contributed by atoms with Crippen molar-refractivity contribution in [2.75, 3.05) is 13.7 Å². The van der Waals surface area contributed by atoms with Gasteiger partial charge in [0.25, 0.3) is 0 Å². The van der Waals surface area contributed by atoms with Gasteiger partial charge in [-0.15, -0.1) is 11.3 Å². The van der Waals surface area contributed by atoms with Crippen LogP contribution in [0.2, 0.25) is 0 Å². The molecule has 1 aromatic heterocycles. The second-order valence-corrected chi connectivity index (χ2v) is 6.77. The van der Waals surface area contributed by atoms with Crippen LogP contribution in [0.1, 0.15) is 18.5 Å². The summed E-state index contributed by atoms with van der Waals surface area (Å²) >= 11 is 1.38. The monoisotopic (exact) mass is 406 g/mol. The second-order valence-electron chi connectivity index (χ2n) is 5.91. The van der Waals surface area contributed by atoms with Gasteiger partial charge in [-0.2, -0.15) is 0 Å². The number of rotatable bonds is 10. The molecular formula is C18H22N4O5S. The summed E-state index contributed by atoms with van der Waals surface area (Å²) in [6.45, 7) is 0.239. The molecule has 0 fully saturated rings. The molecule has 28 heavy (non-hydrogen) atoms. The van der Waals surface area contributed by atoms with E-state index >= 15 is 0 Å². The van der Waals surface area contributed by atoms with E-state index in [1.54, 1.807) is 12.5 Å². The second kappa shape index (κ2) is 10.3. The van der Waals surface area contributed by atoms with Crippen LogP contribution in [-0.4, -0.2) is 47.7 Å². The molecule has 0 saturated heterocycles. The molecule has 1 unspecified atom stereocenters. The molecule has 150 valence electrons. The number of primary amides is 1. The van der Waals surface area contributed by atoms with E-state index in [1.807, 2.05) is 24.3 Å². The standard InChI is InChI=1S/C18H22N4O5S/c1-27-14-7-3-2-5-12(14)16-21-11(10-28-16)9-15(23)22-13(17(24)25)6-4-8-20-18(19)26/h2-3,5,7,10,13H,4,6,8-9H2,1H3,(H,22,23)(H,24,25)(H3,19,20,26). The lowest BCUT2D eigenvalue weighted by Gasteiger charge is -2.14. The average Bonchev–Trinajstić information content (AvgIpc) is 3.11. The van der Waals surface area contributed by atoms with E-state index in [1.165, 1.54) is 11.3 Å². The molecule has 2 aromatic rings. The molecule has 0 aliphatic rings. The van der Waals surface area contributed by atoms with Crippen molar-refractivity contribution >= 4 is 29.2 Å². The zero-order chi connectivity index (χ0) is 20.5. The van der Waals surface area contributed by atoms with E-state index in [4.69, 9.17) is 10.5 Å². The predicted octanol–water partition coefficient (Wildman–Crippen LogP) is 1.38. The van der Waals surface area contributed by atoms with Gasteiger partial charge in [-0.1, -0.05) is 12.1 Å². The summed E-state index contributed by atoms with van der Waals surface area (Å²) in [5.41, 5.74) is 6.32. The molecule has 1 atom stereocenters. The number of hydrogen-bond acceptors (Lipinski definition) is 6. The number of hydrogen-bond donors (Lipinski definition) is 4. The molecule has 10 heteroatoms. The Balaban J connectivity index is 1.94. The van der Waals surface area contributed by atoms with Crippen molar-refractivity contribution in [1.29, 1.82) is 0 Å². The van der Waals surface area contributed by atoms with Crippen molar-refractivity contribution in [3.63, 3.8) is 0 Å². The zero-order valence-electron chi connectivity index (χ0n) is 15.3. The maximum absolute atomic E-state index is 12.2. The van der Waals surface area contributed by atoms with Gasteiger partial charge in [-0.05, 0) is 25.0 Å². The summed E-state index contributed by atoms with van der Waals surface area (Å²) in [5, 5.41) is 16.6. The summed E-state index contributed by atoms with van der Waals surface area (Å²) in [6, 6.07) is 5.71. The number of ether oxygens (including phenoxy) is 1. The van der Waals surface area contributed by atoms with Gasteiger partial charge in [0, 0.05) is 11.9 Å². The summed E-state index contributed by atoms with van der Waals surface area (Å²) < 4.78 is 5.32. The van der Waals surface area contributed by atoms with Crippen LogP contribution in [0.4, 0.5) is 4.79 Å². The molecule has 1 aromatic carbocycles. The first-order chi connectivity index (χ1) is 13.4. The molecule has 2 rings (SSSR count). The highest BCUT2D eigenvalue weighted by Crippen LogP contribution is 2.31. The Hall–Kier alpha value is -3.14. The highest BCUT2D eigenvalue weighted by Gasteiger charge is 2.20. The highest BCUT2D eigenvalue weighted by atomic mass is 32.1. The van der Waals surface area contributed by atoms with Crippen molar-refractivity contribution < 1.29 is 24.2 Å². The Labute approximate surface area is 165 Å². The van der Waals surface area contributed by atoms with Crippen LogP contribution < -0.4 is 21.1 Å². The number of para-hydroxylation sites is 1. The summed E-state index contributed by atoms with van der Waals surface area (Å²) in [4.78, 5) is 38.6. The molecular weight excluding hydrogens is 384 g/mol. The molecule has 0 bridgehead atoms. The number of urea groups is 1. The number of nitrogens with zero attached hydrogens (tertiary/aromatic N) is 1. The van der Waals surface area contributed by atoms with Crippen LogP contribution in [0.3, 0.4) is 0 Å². The van der Waals surface area contributed by atoms with Gasteiger partial charge in [-0.3, -0.25) is 4.79 Å². The summed E-state index contributed by atoms with van der Waals surface area (Å²) in [6.07, 6.45) is 0.509. The number of thiazole rings is 1. The van der Waals surface area contributed by atoms with E-state index in [2.05, 4.69) is 15.6 Å². The van der Waals surface area contributed by atoms with E-state index in [0.29, 0.717) is 22.9 Å². The van der Waals surface area contributed by atoms with E-state index in [9.17, 15) is 19.5 Å². The summed E-state index contributed by atoms with van der Waals surface area (Å²) in [7, 11) is 1.58. The maximum atomic E-state index is 12.2. The molecule has 0 aliphatic heterocycles. The Bertz CT molecular complexity index is 839. The Morgan fingerprint density at radius 2 is 2.07 bits per heavy atom. The van der Waals surface area contributed by atoms with Crippen molar-refractivity contribution in [1.82, 2.24) is 15.6 Å². The number of aliphatic carboxylic acids is 1. The van der Waals surface area contributed by atoms with Gasteiger partial charge in [0.2, 0.25) is 5.91 Å². The van der Waals surface area contributed by atoms with Crippen molar-refractivity contribution in [3.8, 4) is 16.3 Å². The SMILES string of the molecule is COc1ccccc1-c1nc(CC(=O)NC(CCCNC(N)=O)C(=O)O)cs1. The fraction of sp³-hybridized carbons (Fsp3) is 0.333. The van der Waals surface area contributed by atoms with E-state index in [-0.39, 0.29) is 19.4 Å². The molecule has 0 aliphatic carbocycles. The zero-order valence-corrected chi connectivity index (χ0v) is 16.1. The van der Waals surface area contributed by atoms with Crippen LogP contribution in [0.5, 0.6) is 5.75 Å². The molecule has 5 N–H and O–H groups in total. The Kier molecular flexibility index (Phi) is 7.76. The van der Waals surface area contributed by atoms with Crippen LogP contribution in [0.25, 0.3) is 10.6 Å². The van der Waals surface area contributed by atoms with Gasteiger partial charge in [0.05, 0.1) is 24.8 Å². The van der Waals surface area contributed by atoms with E-state index in [0.717, 1.165) is 5.56 Å². The van der Waals surface area contributed by atoms with Gasteiger partial charge < -0.3 is 26.2 Å². The van der Waals surface area contributed by atoms with Crippen LogP contribution >= 0.6 is 11.3 Å². The number of carbonyl (C=O) groups is 3. The third-order valence-corrected chi connectivity index (χ3v) is 4.76. The largest absolute Gasteiger partial charge is 0.496 e. The molecule has 0 saturated carbocycles. The third-order valence-electron chi connectivity index (χ3n) is 3.83. The first-order valence-electron chi connectivity index (χ1n) is 8.54. The fourth-order valence-corrected chi connectivity index (χ4v) is 3.37. The predicted molar refractivity (Wildman–Crippen MR) is 104 cm³/mol. The topological polar surface area (TPSA) is 144 Å². The molecule has 9 nitrogen and oxygen atoms in total. The lowest BCUT2D eigenvalue weighted by molar-refractivity contribution is -0.141. The molecule has 0 radical (unpaired) electrons. The van der Waals surface area contributed by atoms with Crippen molar-refractivity contribution in [2.45, 2.75) is 25.3 Å². The maximum Gasteiger partial charge on any atom is 0.326 e. The highest BCUT2D eigenvalue weighted by molar-refractivity contribution is 7.13. The number of nitrogens with one attached hydrogen (secondary N) is 2. The van der Waals surface area contributed by atoms with Crippen LogP contribution in [-0.2, 0) is 16.0 Å². The van der Waals surface area contributed by atoms with Crippen molar-refractivity contribution in [2.24, 2.45) is 5.73 Å². The number of nitrogens with two attached hydrogens (primary N) is 1. The normalized spacial score (nSPS) is 11.5. The van der Waals surface area contributed by atoms with Gasteiger partial charge in [-0.25, -0.2) is 14.6 Å². The lowest BCUT2D eigenvalue weighted by atomic mass is 10.1. The van der Waals surface area contributed by atoms with Gasteiger partial charge >= 0.3 is 12.0 Å². The number of aromatic nitrogens is 1. The smallest absolute Gasteiger partial charge is 0.326 e. The van der Waals surface area contributed by atoms with Crippen molar-refractivity contribution in [3.05, 3.63) is 35.3 Å². The molecule has 3 amide bonds. The minimum atomic E-state index is -1.14. The Morgan fingerprint density at radius 3 is 2.75 bits per heavy atom. The van der Waals surface area contributed by atoms with Gasteiger partial charge in [0.1, 0.15) is 16.8 Å². The summed E-state index contributed by atoms with van der Waals surface area (Å²) in [5.74, 6) is -0.893. The lowest BCUT2D eigenvalue weighted by Crippen LogP contribution is -2.42. The quantitative estimate of drug-likeness (QED) is 0.439. The first kappa shape index (κ1) is 21.2. The molecule has 0 spiro atoms. The number of benzene rings is 1. The van der Waals surface area contributed by atoms with E-state index < -0.39 is 23.9 Å². The Morgan fingerprint density at radius 1 is 1.32 bits per heavy atom. The molecule has 1 heterocycles. The average molecular weight is 406 g/mol. The number of carboxylic acids is 1. The first-order valence-corrected chi connectivity index (χ1v) is 9.42. The number of methoxy groups -OCH3 is 1. The van der Waals surface area contributed by atoms with Crippen LogP contribution in [0, 0.1) is 0 Å². The van der Waals surface area contributed by atoms with Crippen LogP contribution in [0.15, 0.2) is 29.6 Å². The fourth-order valence-electron chi connectivity index (χ4n) is 2.52. The van der Waals surface area contributed by atoms with Gasteiger partial charge in [0.15, 0.2) is 0 Å². The number of amides is 3. The third kappa shape index (κ3) is 6.23.